The Morgan fingerprint density at radius 2 is 1.87 bits per heavy atom. The fraction of sp³-hybridized carbons (Fsp3) is 0.529. The van der Waals surface area contributed by atoms with Crippen LogP contribution in [0.1, 0.15) is 48.0 Å². The molecule has 23 heavy (non-hydrogen) atoms. The first-order valence-corrected chi connectivity index (χ1v) is 8.90. The van der Waals surface area contributed by atoms with E-state index in [1.807, 2.05) is 18.9 Å². The Bertz CT molecular complexity index is 677. The van der Waals surface area contributed by atoms with Crippen molar-refractivity contribution in [2.45, 2.75) is 45.6 Å². The molecule has 0 saturated heterocycles. The summed E-state index contributed by atoms with van der Waals surface area (Å²) in [6.07, 6.45) is 7.97. The molecule has 0 spiro atoms. The number of aromatic nitrogens is 3. The molecule has 0 aromatic carbocycles. The van der Waals surface area contributed by atoms with Crippen LogP contribution in [-0.2, 0) is 0 Å². The van der Waals surface area contributed by atoms with Gasteiger partial charge in [0.25, 0.3) is 5.91 Å². The first kappa shape index (κ1) is 16.1. The second-order valence-electron chi connectivity index (χ2n) is 6.34. The lowest BCUT2D eigenvalue weighted by Crippen LogP contribution is -2.39. The maximum absolute atomic E-state index is 12.8. The van der Waals surface area contributed by atoms with Gasteiger partial charge in [0.1, 0.15) is 4.88 Å². The van der Waals surface area contributed by atoms with Crippen molar-refractivity contribution in [1.82, 2.24) is 19.9 Å². The lowest BCUT2D eigenvalue weighted by Gasteiger charge is -2.33. The minimum absolute atomic E-state index is 0.0711. The monoisotopic (exact) mass is 330 g/mol. The number of nitrogens with zero attached hydrogens (tertiary/aromatic N) is 4. The van der Waals surface area contributed by atoms with Gasteiger partial charge in [-0.05, 0) is 44.6 Å². The number of hydrogen-bond donors (Lipinski definition) is 0. The molecule has 5 nitrogen and oxygen atoms in total. The van der Waals surface area contributed by atoms with Gasteiger partial charge in [-0.3, -0.25) is 4.79 Å². The zero-order valence-electron chi connectivity index (χ0n) is 13.8. The summed E-state index contributed by atoms with van der Waals surface area (Å²) < 4.78 is 0. The number of amides is 1. The minimum Gasteiger partial charge on any atom is -0.338 e. The van der Waals surface area contributed by atoms with E-state index in [2.05, 4.69) is 21.9 Å². The number of thiazole rings is 1. The number of aryl methyl sites for hydroxylation is 1. The van der Waals surface area contributed by atoms with Gasteiger partial charge < -0.3 is 4.90 Å². The fourth-order valence-corrected chi connectivity index (χ4v) is 4.05. The van der Waals surface area contributed by atoms with Crippen molar-refractivity contribution in [2.75, 3.05) is 7.05 Å². The molecule has 1 amide bonds. The van der Waals surface area contributed by atoms with Crippen LogP contribution in [0.5, 0.6) is 0 Å². The molecular formula is C17H22N4OS. The first-order chi connectivity index (χ1) is 11.1. The SMILES string of the molecule is Cc1nc(-c2ncccn2)sc1C(=O)N(C)C1CCC(C)CC1. The highest BCUT2D eigenvalue weighted by Crippen LogP contribution is 2.30. The number of carbonyl (C=O) groups is 1. The van der Waals surface area contributed by atoms with Crippen LogP contribution in [0.3, 0.4) is 0 Å². The van der Waals surface area contributed by atoms with Crippen LogP contribution in [0.2, 0.25) is 0 Å². The maximum Gasteiger partial charge on any atom is 0.265 e. The van der Waals surface area contributed by atoms with Gasteiger partial charge in [-0.25, -0.2) is 15.0 Å². The van der Waals surface area contributed by atoms with Gasteiger partial charge in [0, 0.05) is 25.5 Å². The van der Waals surface area contributed by atoms with Gasteiger partial charge in [-0.15, -0.1) is 11.3 Å². The molecule has 1 saturated carbocycles. The van der Waals surface area contributed by atoms with E-state index < -0.39 is 0 Å². The lowest BCUT2D eigenvalue weighted by atomic mass is 9.87. The van der Waals surface area contributed by atoms with Gasteiger partial charge in [0.05, 0.1) is 5.69 Å². The smallest absolute Gasteiger partial charge is 0.265 e. The summed E-state index contributed by atoms with van der Waals surface area (Å²) in [5.41, 5.74) is 0.762. The Hall–Kier alpha value is -1.82. The highest BCUT2D eigenvalue weighted by atomic mass is 32.1. The van der Waals surface area contributed by atoms with Gasteiger partial charge >= 0.3 is 0 Å². The van der Waals surface area contributed by atoms with Gasteiger partial charge in [-0.1, -0.05) is 6.92 Å². The summed E-state index contributed by atoms with van der Waals surface area (Å²) in [5.74, 6) is 1.43. The predicted octanol–water partition coefficient (Wildman–Crippen LogP) is 3.56. The molecule has 6 heteroatoms. The van der Waals surface area contributed by atoms with E-state index in [0.717, 1.165) is 24.5 Å². The zero-order valence-corrected chi connectivity index (χ0v) is 14.6. The van der Waals surface area contributed by atoms with Crippen LogP contribution < -0.4 is 0 Å². The van der Waals surface area contributed by atoms with Gasteiger partial charge in [0.15, 0.2) is 10.8 Å². The number of carbonyl (C=O) groups excluding carboxylic acids is 1. The Morgan fingerprint density at radius 3 is 2.52 bits per heavy atom. The topological polar surface area (TPSA) is 59.0 Å². The van der Waals surface area contributed by atoms with Crippen molar-refractivity contribution < 1.29 is 4.79 Å². The molecule has 0 radical (unpaired) electrons. The van der Waals surface area contributed by atoms with Crippen molar-refractivity contribution >= 4 is 17.2 Å². The average Bonchev–Trinajstić information content (AvgIpc) is 2.97. The summed E-state index contributed by atoms with van der Waals surface area (Å²) in [4.78, 5) is 28.4. The lowest BCUT2D eigenvalue weighted by molar-refractivity contribution is 0.0683. The molecule has 1 fully saturated rings. The number of rotatable bonds is 3. The Labute approximate surface area is 140 Å². The summed E-state index contributed by atoms with van der Waals surface area (Å²) in [5, 5.41) is 0.706. The van der Waals surface area contributed by atoms with Crippen molar-refractivity contribution in [2.24, 2.45) is 5.92 Å². The van der Waals surface area contributed by atoms with Crippen molar-refractivity contribution in [3.05, 3.63) is 29.0 Å². The van der Waals surface area contributed by atoms with Crippen LogP contribution in [0.25, 0.3) is 10.8 Å². The van der Waals surface area contributed by atoms with Crippen molar-refractivity contribution in [1.29, 1.82) is 0 Å². The van der Waals surface area contributed by atoms with E-state index in [1.165, 1.54) is 24.2 Å². The minimum atomic E-state index is 0.0711. The summed E-state index contributed by atoms with van der Waals surface area (Å²) in [7, 11) is 1.92. The van der Waals surface area contributed by atoms with Crippen LogP contribution in [0.4, 0.5) is 0 Å². The van der Waals surface area contributed by atoms with Crippen LogP contribution >= 0.6 is 11.3 Å². The van der Waals surface area contributed by atoms with Gasteiger partial charge in [-0.2, -0.15) is 0 Å². The molecule has 0 N–H and O–H groups in total. The molecule has 3 rings (SSSR count). The normalized spacial score (nSPS) is 21.2. The van der Waals surface area contributed by atoms with Crippen LogP contribution in [-0.4, -0.2) is 38.8 Å². The standard InChI is InChI=1S/C17H22N4OS/c1-11-5-7-13(8-6-11)21(3)17(22)14-12(2)20-16(23-14)15-18-9-4-10-19-15/h4,9-11,13H,5-8H2,1-3H3. The molecule has 1 aliphatic rings. The average molecular weight is 330 g/mol. The molecule has 122 valence electrons. The maximum atomic E-state index is 12.8. The Balaban J connectivity index is 1.78. The summed E-state index contributed by atoms with van der Waals surface area (Å²) >= 11 is 1.39. The van der Waals surface area contributed by atoms with E-state index >= 15 is 0 Å². The van der Waals surface area contributed by atoms with E-state index in [1.54, 1.807) is 18.5 Å². The Morgan fingerprint density at radius 1 is 1.22 bits per heavy atom. The molecular weight excluding hydrogens is 308 g/mol. The summed E-state index contributed by atoms with van der Waals surface area (Å²) in [6, 6.07) is 2.12. The quantitative estimate of drug-likeness (QED) is 0.863. The second kappa shape index (κ2) is 6.74. The molecule has 1 aliphatic carbocycles. The molecule has 2 aromatic rings. The molecule has 0 aliphatic heterocycles. The Kier molecular flexibility index (Phi) is 4.71. The third kappa shape index (κ3) is 3.42. The first-order valence-electron chi connectivity index (χ1n) is 8.08. The highest BCUT2D eigenvalue weighted by molar-refractivity contribution is 7.17. The summed E-state index contributed by atoms with van der Waals surface area (Å²) in [6.45, 7) is 4.17. The predicted molar refractivity (Wildman–Crippen MR) is 91.4 cm³/mol. The van der Waals surface area contributed by atoms with E-state index in [9.17, 15) is 4.79 Å². The van der Waals surface area contributed by atoms with E-state index in [4.69, 9.17) is 0 Å². The number of hydrogen-bond acceptors (Lipinski definition) is 5. The molecule has 0 bridgehead atoms. The fourth-order valence-electron chi connectivity index (χ4n) is 3.06. The van der Waals surface area contributed by atoms with Gasteiger partial charge in [0.2, 0.25) is 0 Å². The zero-order chi connectivity index (χ0) is 16.4. The third-order valence-electron chi connectivity index (χ3n) is 4.60. The van der Waals surface area contributed by atoms with Crippen LogP contribution in [0, 0.1) is 12.8 Å². The van der Waals surface area contributed by atoms with Crippen molar-refractivity contribution in [3.8, 4) is 10.8 Å². The van der Waals surface area contributed by atoms with Crippen molar-refractivity contribution in [3.63, 3.8) is 0 Å². The largest absolute Gasteiger partial charge is 0.338 e. The third-order valence-corrected chi connectivity index (χ3v) is 5.74. The van der Waals surface area contributed by atoms with E-state index in [0.29, 0.717) is 21.8 Å². The second-order valence-corrected chi connectivity index (χ2v) is 7.33. The van der Waals surface area contributed by atoms with Crippen LogP contribution in [0.15, 0.2) is 18.5 Å². The molecule has 2 heterocycles. The highest BCUT2D eigenvalue weighted by Gasteiger charge is 2.28. The molecule has 0 unspecified atom stereocenters. The molecule has 0 atom stereocenters. The molecule has 2 aromatic heterocycles. The van der Waals surface area contributed by atoms with E-state index in [-0.39, 0.29) is 5.91 Å².